The number of carbonyl (C=O) groups is 3. The van der Waals surface area contributed by atoms with Crippen molar-refractivity contribution < 1.29 is 18.8 Å². The number of nitrogens with zero attached hydrogens (tertiary/aromatic N) is 2. The molecule has 2 saturated heterocycles. The van der Waals surface area contributed by atoms with Gasteiger partial charge in [0.15, 0.2) is 0 Å². The van der Waals surface area contributed by atoms with E-state index in [4.69, 9.17) is 5.73 Å². The van der Waals surface area contributed by atoms with Crippen LogP contribution < -0.4 is 16.4 Å². The molecule has 0 bridgehead atoms. The molecule has 9 heteroatoms. The van der Waals surface area contributed by atoms with E-state index in [9.17, 15) is 19.6 Å². The average molecular weight is 422 g/mol. The minimum Gasteiger partial charge on any atom is -0.356 e. The number of carbonyl (C=O) groups excluding carboxylic acids is 3. The number of amides is 3. The van der Waals surface area contributed by atoms with Gasteiger partial charge in [0.05, 0.1) is 18.7 Å². The highest BCUT2D eigenvalue weighted by molar-refractivity contribution is 5.92. The monoisotopic (exact) mass is 421 g/mol. The zero-order chi connectivity index (χ0) is 22.6. The first kappa shape index (κ1) is 22.5. The van der Waals surface area contributed by atoms with E-state index in [1.54, 1.807) is 13.8 Å². The number of halogens is 1. The van der Waals surface area contributed by atoms with Gasteiger partial charge in [0, 0.05) is 23.8 Å². The molecule has 6 atom stereocenters. The largest absolute Gasteiger partial charge is 0.356 e. The maximum atomic E-state index is 15.5. The van der Waals surface area contributed by atoms with Crippen LogP contribution in [0.2, 0.25) is 0 Å². The van der Waals surface area contributed by atoms with Gasteiger partial charge in [-0.05, 0) is 18.3 Å². The summed E-state index contributed by atoms with van der Waals surface area (Å²) < 4.78 is 15.5. The molecule has 4 N–H and O–H groups in total. The Morgan fingerprint density at radius 3 is 2.57 bits per heavy atom. The standard InChI is InChI=1S/C21H32FN5O3/c1-19(2,3)15(24)18(30)27-10-21(22)14(20(21,4)5)13(27)17(29)26-12(9-23)8-11-6-7-25-16(11)28/h11-15H,6-8,10,24H2,1-5H3,(H,25,28)(H,26,29)/t11-,12-,13-,14?,15+,21?/m0/s1. The first-order chi connectivity index (χ1) is 13.8. The zero-order valence-electron chi connectivity index (χ0n) is 18.3. The van der Waals surface area contributed by atoms with Gasteiger partial charge in [0.2, 0.25) is 17.7 Å². The van der Waals surface area contributed by atoms with Crippen molar-refractivity contribution in [3.63, 3.8) is 0 Å². The van der Waals surface area contributed by atoms with Crippen LogP contribution in [0.1, 0.15) is 47.5 Å². The lowest BCUT2D eigenvalue weighted by Gasteiger charge is -2.35. The number of fused-ring (bicyclic) bond motifs is 1. The number of piperidine rings is 1. The average Bonchev–Trinajstić information content (AvgIpc) is 3.02. The quantitative estimate of drug-likeness (QED) is 0.594. The Hall–Kier alpha value is -2.21. The van der Waals surface area contributed by atoms with E-state index in [1.807, 2.05) is 26.8 Å². The van der Waals surface area contributed by atoms with Crippen molar-refractivity contribution in [1.82, 2.24) is 15.5 Å². The minimum atomic E-state index is -1.66. The summed E-state index contributed by atoms with van der Waals surface area (Å²) in [6.45, 7) is 9.29. The van der Waals surface area contributed by atoms with Gasteiger partial charge in [-0.3, -0.25) is 14.4 Å². The fourth-order valence-electron chi connectivity index (χ4n) is 4.93. The molecule has 0 aromatic rings. The molecule has 0 aromatic heterocycles. The van der Waals surface area contributed by atoms with Gasteiger partial charge in [0.1, 0.15) is 17.8 Å². The summed E-state index contributed by atoms with van der Waals surface area (Å²) in [5, 5.41) is 14.9. The van der Waals surface area contributed by atoms with Crippen molar-refractivity contribution in [3.8, 4) is 6.07 Å². The Kier molecular flexibility index (Phi) is 5.38. The summed E-state index contributed by atoms with van der Waals surface area (Å²) in [4.78, 5) is 39.3. The van der Waals surface area contributed by atoms with E-state index in [0.29, 0.717) is 13.0 Å². The molecule has 8 nitrogen and oxygen atoms in total. The molecular weight excluding hydrogens is 389 g/mol. The predicted molar refractivity (Wildman–Crippen MR) is 107 cm³/mol. The van der Waals surface area contributed by atoms with Gasteiger partial charge in [-0.25, -0.2) is 4.39 Å². The second kappa shape index (κ2) is 7.19. The number of nitrogens with two attached hydrogens (primary N) is 1. The van der Waals surface area contributed by atoms with Gasteiger partial charge in [-0.2, -0.15) is 5.26 Å². The van der Waals surface area contributed by atoms with Gasteiger partial charge >= 0.3 is 0 Å². The highest BCUT2D eigenvalue weighted by atomic mass is 19.1. The Balaban J connectivity index is 1.79. The number of rotatable bonds is 5. The highest BCUT2D eigenvalue weighted by Gasteiger charge is 2.82. The number of nitriles is 1. The second-order valence-corrected chi connectivity index (χ2v) is 10.5. The van der Waals surface area contributed by atoms with Crippen LogP contribution >= 0.6 is 0 Å². The molecule has 3 amide bonds. The number of nitrogens with one attached hydrogen (secondary N) is 2. The van der Waals surface area contributed by atoms with Crippen LogP contribution in [0.5, 0.6) is 0 Å². The van der Waals surface area contributed by atoms with E-state index in [-0.39, 0.29) is 24.8 Å². The van der Waals surface area contributed by atoms with Crippen molar-refractivity contribution in [3.05, 3.63) is 0 Å². The van der Waals surface area contributed by atoms with Crippen molar-refractivity contribution in [2.45, 2.75) is 71.3 Å². The smallest absolute Gasteiger partial charge is 0.244 e. The molecule has 1 aliphatic carbocycles. The minimum absolute atomic E-state index is 0.135. The molecule has 166 valence electrons. The van der Waals surface area contributed by atoms with E-state index in [2.05, 4.69) is 10.6 Å². The molecule has 0 radical (unpaired) electrons. The van der Waals surface area contributed by atoms with E-state index < -0.39 is 52.4 Å². The molecule has 2 unspecified atom stereocenters. The Morgan fingerprint density at radius 1 is 1.43 bits per heavy atom. The van der Waals surface area contributed by atoms with Crippen LogP contribution in [0.15, 0.2) is 0 Å². The molecule has 3 aliphatic rings. The molecule has 1 saturated carbocycles. The number of hydrogen-bond acceptors (Lipinski definition) is 5. The summed E-state index contributed by atoms with van der Waals surface area (Å²) in [7, 11) is 0. The highest BCUT2D eigenvalue weighted by Crippen LogP contribution is 2.70. The summed E-state index contributed by atoms with van der Waals surface area (Å²) in [5.74, 6) is -2.17. The molecule has 2 heterocycles. The van der Waals surface area contributed by atoms with Crippen molar-refractivity contribution in [1.29, 1.82) is 5.26 Å². The summed E-state index contributed by atoms with van der Waals surface area (Å²) >= 11 is 0. The summed E-state index contributed by atoms with van der Waals surface area (Å²) in [6, 6.07) is -0.785. The number of likely N-dealkylation sites (tertiary alicyclic amines) is 1. The third-order valence-electron chi connectivity index (χ3n) is 7.22. The van der Waals surface area contributed by atoms with E-state index in [1.165, 1.54) is 4.90 Å². The predicted octanol–water partition coefficient (Wildman–Crippen LogP) is 0.469. The van der Waals surface area contributed by atoms with Crippen LogP contribution in [-0.2, 0) is 14.4 Å². The third kappa shape index (κ3) is 3.45. The van der Waals surface area contributed by atoms with Gasteiger partial charge in [-0.1, -0.05) is 34.6 Å². The van der Waals surface area contributed by atoms with Crippen LogP contribution in [0.25, 0.3) is 0 Å². The Bertz CT molecular complexity index is 801. The summed E-state index contributed by atoms with van der Waals surface area (Å²) in [5.41, 5.74) is 3.17. The van der Waals surface area contributed by atoms with Crippen LogP contribution in [0, 0.1) is 34.0 Å². The van der Waals surface area contributed by atoms with Crippen LogP contribution in [0.4, 0.5) is 4.39 Å². The van der Waals surface area contributed by atoms with Crippen LogP contribution in [0.3, 0.4) is 0 Å². The van der Waals surface area contributed by atoms with Gasteiger partial charge in [-0.15, -0.1) is 0 Å². The number of alkyl halides is 1. The maximum Gasteiger partial charge on any atom is 0.244 e. The SMILES string of the molecule is CC(C)(C)[C@H](N)C(=O)N1CC2(F)C([C@H]1C(=O)N[C@H](C#N)C[C@@H]1CCNC1=O)C2(C)C. The van der Waals surface area contributed by atoms with Crippen LogP contribution in [-0.4, -0.2) is 59.5 Å². The van der Waals surface area contributed by atoms with Gasteiger partial charge < -0.3 is 21.3 Å². The normalized spacial score (nSPS) is 33.9. The first-order valence-corrected chi connectivity index (χ1v) is 10.5. The molecule has 2 aliphatic heterocycles. The second-order valence-electron chi connectivity index (χ2n) is 10.5. The van der Waals surface area contributed by atoms with Crippen molar-refractivity contribution in [2.75, 3.05) is 13.1 Å². The molecule has 3 rings (SSSR count). The lowest BCUT2D eigenvalue weighted by Crippen LogP contribution is -2.58. The van der Waals surface area contributed by atoms with Gasteiger partial charge in [0.25, 0.3) is 0 Å². The molecule has 0 spiro atoms. The van der Waals surface area contributed by atoms with Crippen molar-refractivity contribution in [2.24, 2.45) is 28.4 Å². The van der Waals surface area contributed by atoms with Crippen molar-refractivity contribution >= 4 is 17.7 Å². The lowest BCUT2D eigenvalue weighted by atomic mass is 9.86. The maximum absolute atomic E-state index is 15.5. The lowest BCUT2D eigenvalue weighted by molar-refractivity contribution is -0.143. The molecule has 30 heavy (non-hydrogen) atoms. The zero-order valence-corrected chi connectivity index (χ0v) is 18.3. The third-order valence-corrected chi connectivity index (χ3v) is 7.22. The Labute approximate surface area is 176 Å². The molecule has 3 fully saturated rings. The number of hydrogen-bond donors (Lipinski definition) is 3. The fourth-order valence-corrected chi connectivity index (χ4v) is 4.93. The molecular formula is C21H32FN5O3. The van der Waals surface area contributed by atoms with E-state index >= 15 is 4.39 Å². The molecule has 0 aromatic carbocycles. The topological polar surface area (TPSA) is 128 Å². The summed E-state index contributed by atoms with van der Waals surface area (Å²) in [6.07, 6.45) is 0.787. The Morgan fingerprint density at radius 2 is 2.07 bits per heavy atom. The fraction of sp³-hybridized carbons (Fsp3) is 0.810. The first-order valence-electron chi connectivity index (χ1n) is 10.5. The van der Waals surface area contributed by atoms with E-state index in [0.717, 1.165) is 0 Å².